The lowest BCUT2D eigenvalue weighted by molar-refractivity contribution is -0.134. The third-order valence-electron chi connectivity index (χ3n) is 0.987. The number of hydrogen-bond donors (Lipinski definition) is 1. The Kier molecular flexibility index (Phi) is 5.11. The number of aliphatic hydroxyl groups is 1. The first kappa shape index (κ1) is 9.91. The van der Waals surface area contributed by atoms with Gasteiger partial charge in [-0.05, 0) is 12.5 Å². The molecule has 0 aromatic carbocycles. The van der Waals surface area contributed by atoms with Crippen LogP contribution in [-0.4, -0.2) is 17.7 Å². The van der Waals surface area contributed by atoms with E-state index in [0.717, 1.165) is 6.42 Å². The average Bonchev–Trinajstić information content (AvgIpc) is 2.03. The predicted molar refractivity (Wildman–Crippen MR) is 41.7 cm³/mol. The number of carbonyl (C=O) groups excluding carboxylic acids is 1. The van der Waals surface area contributed by atoms with Gasteiger partial charge in [-0.25, -0.2) is 4.79 Å². The highest BCUT2D eigenvalue weighted by atomic mass is 16.5. The summed E-state index contributed by atoms with van der Waals surface area (Å²) >= 11 is 0. The first-order valence-electron chi connectivity index (χ1n) is 3.37. The van der Waals surface area contributed by atoms with Crippen molar-refractivity contribution in [3.8, 4) is 0 Å². The number of esters is 1. The molecule has 1 N–H and O–H groups in total. The van der Waals surface area contributed by atoms with Crippen molar-refractivity contribution in [2.45, 2.75) is 13.3 Å². The maximum Gasteiger partial charge on any atom is 0.340 e. The minimum atomic E-state index is -0.586. The summed E-state index contributed by atoms with van der Waals surface area (Å²) in [6.45, 7) is 4.85. The molecule has 0 unspecified atom stereocenters. The Balaban J connectivity index is 3.69. The van der Waals surface area contributed by atoms with Crippen LogP contribution < -0.4 is 0 Å². The molecule has 62 valence electrons. The van der Waals surface area contributed by atoms with Gasteiger partial charge in [-0.3, -0.25) is 0 Å². The maximum atomic E-state index is 10.7. The third-order valence-corrected chi connectivity index (χ3v) is 0.987. The standard InChI is InChI=1S/C8H12O3/c1-3-4-5-11-8(10)7(2)6-9/h4-5,9H,2-3,6H2,1H3/b5-4+. The van der Waals surface area contributed by atoms with E-state index in [4.69, 9.17) is 5.11 Å². The van der Waals surface area contributed by atoms with Gasteiger partial charge in [-0.15, -0.1) is 0 Å². The highest BCUT2D eigenvalue weighted by molar-refractivity contribution is 5.88. The van der Waals surface area contributed by atoms with E-state index < -0.39 is 5.97 Å². The molecule has 0 aliphatic heterocycles. The van der Waals surface area contributed by atoms with E-state index in [2.05, 4.69) is 11.3 Å². The van der Waals surface area contributed by atoms with Gasteiger partial charge in [-0.1, -0.05) is 13.5 Å². The molecule has 3 nitrogen and oxygen atoms in total. The van der Waals surface area contributed by atoms with E-state index in [9.17, 15) is 4.79 Å². The third kappa shape index (κ3) is 4.33. The SMILES string of the molecule is C=C(CO)C(=O)O/C=C/CC. The zero-order valence-corrected chi connectivity index (χ0v) is 6.54. The topological polar surface area (TPSA) is 46.5 Å². The summed E-state index contributed by atoms with van der Waals surface area (Å²) in [5.74, 6) is -0.586. The van der Waals surface area contributed by atoms with Crippen molar-refractivity contribution in [1.82, 2.24) is 0 Å². The molecule has 0 aliphatic carbocycles. The van der Waals surface area contributed by atoms with Gasteiger partial charge in [0, 0.05) is 0 Å². The van der Waals surface area contributed by atoms with Crippen molar-refractivity contribution in [3.63, 3.8) is 0 Å². The van der Waals surface area contributed by atoms with Crippen LogP contribution in [0.4, 0.5) is 0 Å². The molecule has 0 radical (unpaired) electrons. The van der Waals surface area contributed by atoms with Gasteiger partial charge in [0.1, 0.15) is 0 Å². The minimum Gasteiger partial charge on any atom is -0.431 e. The fourth-order valence-electron chi connectivity index (χ4n) is 0.354. The van der Waals surface area contributed by atoms with Crippen LogP contribution in [0.5, 0.6) is 0 Å². The molecule has 0 fully saturated rings. The van der Waals surface area contributed by atoms with Crippen LogP contribution in [0.15, 0.2) is 24.5 Å². The molecular formula is C8H12O3. The Bertz CT molecular complexity index is 170. The van der Waals surface area contributed by atoms with E-state index in [0.29, 0.717) is 0 Å². The summed E-state index contributed by atoms with van der Waals surface area (Å²) < 4.78 is 4.56. The summed E-state index contributed by atoms with van der Waals surface area (Å²) in [4.78, 5) is 10.7. The van der Waals surface area contributed by atoms with Crippen molar-refractivity contribution >= 4 is 5.97 Å². The Morgan fingerprint density at radius 2 is 2.36 bits per heavy atom. The van der Waals surface area contributed by atoms with Gasteiger partial charge in [0.05, 0.1) is 18.4 Å². The minimum absolute atomic E-state index is 0.0609. The smallest absolute Gasteiger partial charge is 0.340 e. The molecule has 0 aromatic heterocycles. The number of hydrogen-bond acceptors (Lipinski definition) is 3. The van der Waals surface area contributed by atoms with Gasteiger partial charge in [0.15, 0.2) is 0 Å². The molecule has 3 heteroatoms. The van der Waals surface area contributed by atoms with Crippen LogP contribution in [-0.2, 0) is 9.53 Å². The van der Waals surface area contributed by atoms with E-state index >= 15 is 0 Å². The Morgan fingerprint density at radius 3 is 2.82 bits per heavy atom. The van der Waals surface area contributed by atoms with E-state index in [1.807, 2.05) is 6.92 Å². The molecule has 0 aliphatic rings. The highest BCUT2D eigenvalue weighted by Crippen LogP contribution is 1.93. The molecule has 0 bridgehead atoms. The lowest BCUT2D eigenvalue weighted by Gasteiger charge is -1.97. The maximum absolute atomic E-state index is 10.7. The first-order valence-corrected chi connectivity index (χ1v) is 3.37. The van der Waals surface area contributed by atoms with Crippen LogP contribution >= 0.6 is 0 Å². The lowest BCUT2D eigenvalue weighted by atomic mass is 10.3. The fraction of sp³-hybridized carbons (Fsp3) is 0.375. The Morgan fingerprint density at radius 1 is 1.73 bits per heavy atom. The van der Waals surface area contributed by atoms with Crippen LogP contribution in [0.1, 0.15) is 13.3 Å². The molecule has 0 heterocycles. The van der Waals surface area contributed by atoms with Crippen LogP contribution in [0.3, 0.4) is 0 Å². The van der Waals surface area contributed by atoms with E-state index in [1.54, 1.807) is 6.08 Å². The predicted octanol–water partition coefficient (Wildman–Crippen LogP) is 1.00. The molecule has 0 spiro atoms. The molecule has 0 saturated heterocycles. The van der Waals surface area contributed by atoms with Crippen molar-refractivity contribution in [1.29, 1.82) is 0 Å². The summed E-state index contributed by atoms with van der Waals surface area (Å²) in [5, 5.41) is 8.44. The van der Waals surface area contributed by atoms with Gasteiger partial charge < -0.3 is 9.84 Å². The largest absolute Gasteiger partial charge is 0.431 e. The molecular weight excluding hydrogens is 144 g/mol. The average molecular weight is 156 g/mol. The normalized spacial score (nSPS) is 10.0. The van der Waals surface area contributed by atoms with Crippen molar-refractivity contribution in [2.75, 3.05) is 6.61 Å². The Labute approximate surface area is 66.0 Å². The fourth-order valence-corrected chi connectivity index (χ4v) is 0.354. The van der Waals surface area contributed by atoms with Crippen LogP contribution in [0, 0.1) is 0 Å². The van der Waals surface area contributed by atoms with Crippen LogP contribution in [0.2, 0.25) is 0 Å². The number of rotatable bonds is 4. The summed E-state index contributed by atoms with van der Waals surface area (Å²) in [6, 6.07) is 0. The quantitative estimate of drug-likeness (QED) is 0.375. The van der Waals surface area contributed by atoms with E-state index in [1.165, 1.54) is 6.26 Å². The van der Waals surface area contributed by atoms with E-state index in [-0.39, 0.29) is 12.2 Å². The number of ether oxygens (including phenoxy) is 1. The highest BCUT2D eigenvalue weighted by Gasteiger charge is 2.03. The first-order chi connectivity index (χ1) is 5.22. The molecule has 0 aromatic rings. The van der Waals surface area contributed by atoms with Gasteiger partial charge in [0.25, 0.3) is 0 Å². The second kappa shape index (κ2) is 5.68. The molecule has 0 amide bonds. The van der Waals surface area contributed by atoms with Crippen molar-refractivity contribution < 1.29 is 14.6 Å². The molecule has 0 saturated carbocycles. The molecule has 11 heavy (non-hydrogen) atoms. The number of allylic oxidation sites excluding steroid dienone is 1. The lowest BCUT2D eigenvalue weighted by Crippen LogP contribution is -2.05. The van der Waals surface area contributed by atoms with Crippen LogP contribution in [0.25, 0.3) is 0 Å². The van der Waals surface area contributed by atoms with Gasteiger partial charge in [-0.2, -0.15) is 0 Å². The second-order valence-electron chi connectivity index (χ2n) is 1.95. The monoisotopic (exact) mass is 156 g/mol. The number of carbonyl (C=O) groups is 1. The summed E-state index contributed by atoms with van der Waals surface area (Å²) in [7, 11) is 0. The Hall–Kier alpha value is -1.09. The molecule has 0 atom stereocenters. The van der Waals surface area contributed by atoms with Gasteiger partial charge >= 0.3 is 5.97 Å². The summed E-state index contributed by atoms with van der Waals surface area (Å²) in [6.07, 6.45) is 3.80. The van der Waals surface area contributed by atoms with Gasteiger partial charge in [0.2, 0.25) is 0 Å². The zero-order chi connectivity index (χ0) is 8.69. The number of aliphatic hydroxyl groups excluding tert-OH is 1. The van der Waals surface area contributed by atoms with Crippen molar-refractivity contribution in [2.24, 2.45) is 0 Å². The second-order valence-corrected chi connectivity index (χ2v) is 1.95. The zero-order valence-electron chi connectivity index (χ0n) is 6.54. The van der Waals surface area contributed by atoms with Crippen molar-refractivity contribution in [3.05, 3.63) is 24.5 Å². The molecule has 0 rings (SSSR count). The summed E-state index contributed by atoms with van der Waals surface area (Å²) in [5.41, 5.74) is 0.0609.